The number of morpholine rings is 1. The Hall–Kier alpha value is -2.12. The van der Waals surface area contributed by atoms with E-state index in [0.717, 1.165) is 5.56 Å². The van der Waals surface area contributed by atoms with Crippen LogP contribution in [0.5, 0.6) is 5.75 Å². The Morgan fingerprint density at radius 3 is 2.56 bits per heavy atom. The van der Waals surface area contributed by atoms with Gasteiger partial charge in [0.25, 0.3) is 0 Å². The third-order valence-corrected chi connectivity index (χ3v) is 4.86. The van der Waals surface area contributed by atoms with Crippen molar-refractivity contribution in [1.82, 2.24) is 9.80 Å². The second kappa shape index (κ2) is 7.84. The van der Waals surface area contributed by atoms with E-state index in [2.05, 4.69) is 0 Å². The average molecular weight is 348 g/mol. The van der Waals surface area contributed by atoms with E-state index in [0.29, 0.717) is 52.4 Å². The molecule has 2 N–H and O–H groups in total. The number of piperidine rings is 1. The van der Waals surface area contributed by atoms with Crippen molar-refractivity contribution in [1.29, 1.82) is 0 Å². The number of phenolic OH excluding ortho intramolecular Hbond substituents is 1. The third kappa shape index (κ3) is 4.49. The summed E-state index contributed by atoms with van der Waals surface area (Å²) in [6.45, 7) is 3.68. The van der Waals surface area contributed by atoms with Gasteiger partial charge in [-0.3, -0.25) is 14.5 Å². The van der Waals surface area contributed by atoms with E-state index in [-0.39, 0.29) is 17.6 Å². The van der Waals surface area contributed by atoms with Gasteiger partial charge in [-0.05, 0) is 24.1 Å². The van der Waals surface area contributed by atoms with Gasteiger partial charge in [0.15, 0.2) is 0 Å². The largest absolute Gasteiger partial charge is 0.508 e. The fourth-order valence-electron chi connectivity index (χ4n) is 3.63. The number of carbonyl (C=O) groups is 2. The van der Waals surface area contributed by atoms with E-state index in [4.69, 9.17) is 4.74 Å². The number of benzene rings is 1. The summed E-state index contributed by atoms with van der Waals surface area (Å²) >= 11 is 0. The maximum atomic E-state index is 12.8. The zero-order chi connectivity index (χ0) is 17.8. The molecule has 3 rings (SSSR count). The number of hydrogen-bond acceptors (Lipinski definition) is 5. The van der Waals surface area contributed by atoms with Crippen molar-refractivity contribution < 1.29 is 24.5 Å². The molecule has 136 valence electrons. The first kappa shape index (κ1) is 17.7. The Morgan fingerprint density at radius 1 is 1.16 bits per heavy atom. The first-order chi connectivity index (χ1) is 12.0. The van der Waals surface area contributed by atoms with Gasteiger partial charge in [-0.1, -0.05) is 12.1 Å². The molecule has 0 saturated carbocycles. The second-order valence-electron chi connectivity index (χ2n) is 6.77. The predicted molar refractivity (Wildman–Crippen MR) is 90.0 cm³/mol. The highest BCUT2D eigenvalue weighted by atomic mass is 16.5. The minimum atomic E-state index is -0.861. The zero-order valence-electron chi connectivity index (χ0n) is 14.1. The quantitative estimate of drug-likeness (QED) is 0.835. The first-order valence-electron chi connectivity index (χ1n) is 8.62. The van der Waals surface area contributed by atoms with E-state index in [9.17, 15) is 19.8 Å². The third-order valence-electron chi connectivity index (χ3n) is 4.86. The molecular formula is C18H24N2O5. The van der Waals surface area contributed by atoms with Gasteiger partial charge in [-0.25, -0.2) is 0 Å². The summed E-state index contributed by atoms with van der Waals surface area (Å²) in [5.74, 6) is -1.52. The van der Waals surface area contributed by atoms with Crippen LogP contribution in [-0.2, 0) is 20.9 Å². The molecule has 0 spiro atoms. The van der Waals surface area contributed by atoms with Crippen molar-refractivity contribution in [2.24, 2.45) is 11.8 Å². The minimum absolute atomic E-state index is 0.0233. The molecule has 2 aliphatic heterocycles. The molecule has 2 atom stereocenters. The zero-order valence-corrected chi connectivity index (χ0v) is 14.1. The van der Waals surface area contributed by atoms with Crippen molar-refractivity contribution in [2.75, 3.05) is 39.4 Å². The molecule has 2 fully saturated rings. The highest BCUT2D eigenvalue weighted by Crippen LogP contribution is 2.26. The van der Waals surface area contributed by atoms with Crippen LogP contribution >= 0.6 is 0 Å². The van der Waals surface area contributed by atoms with Gasteiger partial charge in [-0.2, -0.15) is 0 Å². The number of carboxylic acids is 1. The van der Waals surface area contributed by atoms with E-state index in [1.807, 2.05) is 11.0 Å². The average Bonchev–Trinajstić information content (AvgIpc) is 2.61. The molecule has 2 aliphatic rings. The highest BCUT2D eigenvalue weighted by Gasteiger charge is 2.37. The minimum Gasteiger partial charge on any atom is -0.508 e. The number of nitrogens with zero attached hydrogens (tertiary/aromatic N) is 2. The maximum absolute atomic E-state index is 12.8. The lowest BCUT2D eigenvalue weighted by molar-refractivity contribution is -0.149. The van der Waals surface area contributed by atoms with Crippen LogP contribution in [-0.4, -0.2) is 71.3 Å². The fraction of sp³-hybridized carbons (Fsp3) is 0.556. The van der Waals surface area contributed by atoms with Crippen molar-refractivity contribution >= 4 is 11.9 Å². The molecular weight excluding hydrogens is 324 g/mol. The number of likely N-dealkylation sites (tertiary alicyclic amines) is 1. The fourth-order valence-corrected chi connectivity index (χ4v) is 3.63. The van der Waals surface area contributed by atoms with Crippen molar-refractivity contribution in [3.63, 3.8) is 0 Å². The second-order valence-corrected chi connectivity index (χ2v) is 6.77. The molecule has 2 saturated heterocycles. The Morgan fingerprint density at radius 2 is 1.88 bits per heavy atom. The molecule has 1 amide bonds. The number of carbonyl (C=O) groups excluding carboxylic acids is 1. The van der Waals surface area contributed by atoms with Crippen LogP contribution in [0.3, 0.4) is 0 Å². The van der Waals surface area contributed by atoms with Crippen LogP contribution in [0.4, 0.5) is 0 Å². The lowest BCUT2D eigenvalue weighted by Gasteiger charge is -2.38. The number of rotatable bonds is 4. The van der Waals surface area contributed by atoms with Gasteiger partial charge >= 0.3 is 5.97 Å². The van der Waals surface area contributed by atoms with Crippen molar-refractivity contribution in [3.8, 4) is 5.75 Å². The summed E-state index contributed by atoms with van der Waals surface area (Å²) in [5.41, 5.74) is 0.906. The Kier molecular flexibility index (Phi) is 5.55. The van der Waals surface area contributed by atoms with Gasteiger partial charge in [-0.15, -0.1) is 0 Å². The molecule has 2 heterocycles. The van der Waals surface area contributed by atoms with Crippen molar-refractivity contribution in [2.45, 2.75) is 13.0 Å². The normalized spacial score (nSPS) is 24.9. The van der Waals surface area contributed by atoms with Crippen molar-refractivity contribution in [3.05, 3.63) is 29.8 Å². The van der Waals surface area contributed by atoms with Crippen LogP contribution < -0.4 is 0 Å². The topological polar surface area (TPSA) is 90.3 Å². The lowest BCUT2D eigenvalue weighted by Crippen LogP contribution is -2.51. The molecule has 0 aliphatic carbocycles. The van der Waals surface area contributed by atoms with Crippen LogP contribution in [0.15, 0.2) is 24.3 Å². The molecule has 1 aromatic rings. The summed E-state index contributed by atoms with van der Waals surface area (Å²) in [5, 5.41) is 19.1. The SMILES string of the molecule is O=C(O)[C@@H]1C[C@@H](C(=O)N2CCOCC2)CN(Cc2cccc(O)c2)C1. The summed E-state index contributed by atoms with van der Waals surface area (Å²) in [6.07, 6.45) is 0.377. The smallest absolute Gasteiger partial charge is 0.307 e. The lowest BCUT2D eigenvalue weighted by atomic mass is 9.87. The molecule has 7 heteroatoms. The van der Waals surface area contributed by atoms with Crippen LogP contribution in [0, 0.1) is 11.8 Å². The van der Waals surface area contributed by atoms with Gasteiger partial charge < -0.3 is 19.8 Å². The number of amides is 1. The number of phenols is 1. The molecule has 25 heavy (non-hydrogen) atoms. The Bertz CT molecular complexity index is 630. The van der Waals surface area contributed by atoms with E-state index in [1.165, 1.54) is 0 Å². The predicted octanol–water partition coefficient (Wildman–Crippen LogP) is 0.774. The molecule has 0 bridgehead atoms. The number of aromatic hydroxyl groups is 1. The summed E-state index contributed by atoms with van der Waals surface area (Å²) in [7, 11) is 0. The summed E-state index contributed by atoms with van der Waals surface area (Å²) in [4.78, 5) is 28.1. The van der Waals surface area contributed by atoms with E-state index >= 15 is 0 Å². The van der Waals surface area contributed by atoms with Gasteiger partial charge in [0.05, 0.1) is 25.0 Å². The Labute approximate surface area is 146 Å². The maximum Gasteiger partial charge on any atom is 0.307 e. The molecule has 0 unspecified atom stereocenters. The first-order valence-corrected chi connectivity index (χ1v) is 8.62. The highest BCUT2D eigenvalue weighted by molar-refractivity contribution is 5.80. The molecule has 1 aromatic carbocycles. The Balaban J connectivity index is 1.70. The molecule has 0 aromatic heterocycles. The van der Waals surface area contributed by atoms with Gasteiger partial charge in [0.2, 0.25) is 5.91 Å². The standard InChI is InChI=1S/C18H24N2O5/c21-16-3-1-2-13(8-16)10-19-11-14(9-15(12-19)18(23)24)17(22)20-4-6-25-7-5-20/h1-3,8,14-15,21H,4-7,9-12H2,(H,23,24)/t14-,15-/m1/s1. The van der Waals surface area contributed by atoms with Crippen LogP contribution in [0.25, 0.3) is 0 Å². The monoisotopic (exact) mass is 348 g/mol. The number of hydrogen-bond donors (Lipinski definition) is 2. The van der Waals surface area contributed by atoms with Crippen LogP contribution in [0.2, 0.25) is 0 Å². The molecule has 7 nitrogen and oxygen atoms in total. The van der Waals surface area contributed by atoms with E-state index < -0.39 is 11.9 Å². The summed E-state index contributed by atoms with van der Waals surface area (Å²) < 4.78 is 5.29. The number of carboxylic acid groups (broad SMARTS) is 1. The van der Waals surface area contributed by atoms with Gasteiger partial charge in [0, 0.05) is 32.7 Å². The summed E-state index contributed by atoms with van der Waals surface area (Å²) in [6, 6.07) is 6.93. The number of aliphatic carboxylic acids is 1. The van der Waals surface area contributed by atoms with Gasteiger partial charge in [0.1, 0.15) is 5.75 Å². The number of ether oxygens (including phenoxy) is 1. The molecule has 0 radical (unpaired) electrons. The van der Waals surface area contributed by atoms with Crippen LogP contribution in [0.1, 0.15) is 12.0 Å². The van der Waals surface area contributed by atoms with E-state index in [1.54, 1.807) is 23.1 Å².